The summed E-state index contributed by atoms with van der Waals surface area (Å²) in [7, 11) is -5.04. The third kappa shape index (κ3) is 6.42. The summed E-state index contributed by atoms with van der Waals surface area (Å²) < 4.78 is 42.8. The molecule has 0 saturated carbocycles. The summed E-state index contributed by atoms with van der Waals surface area (Å²) in [5.74, 6) is 0.207. The molecule has 0 heterocycles. The number of halogens is 1. The molecule has 0 spiro atoms. The van der Waals surface area contributed by atoms with Crippen LogP contribution in [0, 0.1) is 0 Å². The van der Waals surface area contributed by atoms with E-state index in [4.69, 9.17) is 4.74 Å². The SMILES string of the molecule is CCCNC(=O)c1ccc(COc2ccc(OS(=O)(=O)F)cc2)cc1. The first-order valence-electron chi connectivity index (χ1n) is 7.61. The molecule has 2 aromatic carbocycles. The van der Waals surface area contributed by atoms with Crippen LogP contribution in [0.4, 0.5) is 3.89 Å². The first-order valence-corrected chi connectivity index (χ1v) is 8.92. The van der Waals surface area contributed by atoms with Gasteiger partial charge in [-0.3, -0.25) is 4.79 Å². The highest BCUT2D eigenvalue weighted by atomic mass is 32.3. The summed E-state index contributed by atoms with van der Waals surface area (Å²) in [6.07, 6.45) is 0.874. The molecule has 1 N–H and O–H groups in total. The quantitative estimate of drug-likeness (QED) is 0.726. The van der Waals surface area contributed by atoms with Gasteiger partial charge in [0.05, 0.1) is 0 Å². The van der Waals surface area contributed by atoms with Crippen molar-refractivity contribution in [2.24, 2.45) is 0 Å². The van der Waals surface area contributed by atoms with Gasteiger partial charge in [0.25, 0.3) is 5.91 Å². The highest BCUT2D eigenvalue weighted by molar-refractivity contribution is 7.81. The number of ether oxygens (including phenoxy) is 1. The van der Waals surface area contributed by atoms with Crippen molar-refractivity contribution in [2.45, 2.75) is 20.0 Å². The highest BCUT2D eigenvalue weighted by Gasteiger charge is 2.09. The molecule has 0 fully saturated rings. The summed E-state index contributed by atoms with van der Waals surface area (Å²) in [4.78, 5) is 11.8. The van der Waals surface area contributed by atoms with E-state index in [1.807, 2.05) is 6.92 Å². The van der Waals surface area contributed by atoms with Crippen molar-refractivity contribution < 1.29 is 26.0 Å². The molecule has 0 radical (unpaired) electrons. The van der Waals surface area contributed by atoms with Crippen molar-refractivity contribution in [3.8, 4) is 11.5 Å². The molecule has 2 aromatic rings. The Morgan fingerprint density at radius 2 is 1.64 bits per heavy atom. The Balaban J connectivity index is 1.89. The van der Waals surface area contributed by atoms with Crippen LogP contribution in [0.1, 0.15) is 29.3 Å². The summed E-state index contributed by atoms with van der Waals surface area (Å²) in [6, 6.07) is 12.5. The van der Waals surface area contributed by atoms with Crippen LogP contribution in [0.5, 0.6) is 11.5 Å². The predicted molar refractivity (Wildman–Crippen MR) is 90.5 cm³/mol. The monoisotopic (exact) mass is 367 g/mol. The minimum Gasteiger partial charge on any atom is -0.489 e. The van der Waals surface area contributed by atoms with E-state index < -0.39 is 10.5 Å². The maximum Gasteiger partial charge on any atom is 0.488 e. The zero-order chi connectivity index (χ0) is 18.3. The maximum absolute atomic E-state index is 12.4. The number of nitrogens with one attached hydrogen (secondary N) is 1. The zero-order valence-electron chi connectivity index (χ0n) is 13.6. The lowest BCUT2D eigenvalue weighted by Gasteiger charge is -2.08. The van der Waals surface area contributed by atoms with E-state index in [9.17, 15) is 17.1 Å². The Morgan fingerprint density at radius 1 is 1.04 bits per heavy atom. The fourth-order valence-electron chi connectivity index (χ4n) is 1.97. The van der Waals surface area contributed by atoms with Crippen LogP contribution < -0.4 is 14.2 Å². The smallest absolute Gasteiger partial charge is 0.488 e. The second-order valence-electron chi connectivity index (χ2n) is 5.19. The molecule has 134 valence electrons. The Bertz CT molecular complexity index is 804. The summed E-state index contributed by atoms with van der Waals surface area (Å²) in [6.45, 7) is 2.88. The lowest BCUT2D eigenvalue weighted by Crippen LogP contribution is -2.23. The van der Waals surface area contributed by atoms with Gasteiger partial charge in [-0.2, -0.15) is 8.42 Å². The molecule has 0 bridgehead atoms. The van der Waals surface area contributed by atoms with Crippen LogP contribution in [-0.4, -0.2) is 20.9 Å². The van der Waals surface area contributed by atoms with Crippen molar-refractivity contribution in [2.75, 3.05) is 6.54 Å². The Labute approximate surface area is 146 Å². The number of carbonyl (C=O) groups excluding carboxylic acids is 1. The molecule has 1 amide bonds. The molecule has 25 heavy (non-hydrogen) atoms. The molecule has 6 nitrogen and oxygen atoms in total. The van der Waals surface area contributed by atoms with Gasteiger partial charge in [0.2, 0.25) is 0 Å². The van der Waals surface area contributed by atoms with Crippen molar-refractivity contribution in [3.63, 3.8) is 0 Å². The van der Waals surface area contributed by atoms with Gasteiger partial charge in [-0.15, -0.1) is 0 Å². The molecule has 8 heteroatoms. The van der Waals surface area contributed by atoms with Gasteiger partial charge >= 0.3 is 10.5 Å². The molecular formula is C17H18FNO5S. The molecular weight excluding hydrogens is 349 g/mol. The van der Waals surface area contributed by atoms with Crippen LogP contribution in [0.3, 0.4) is 0 Å². The molecule has 0 atom stereocenters. The van der Waals surface area contributed by atoms with Gasteiger partial charge in [0.1, 0.15) is 18.1 Å². The molecule has 0 aliphatic heterocycles. The van der Waals surface area contributed by atoms with Crippen molar-refractivity contribution in [1.82, 2.24) is 5.32 Å². The maximum atomic E-state index is 12.4. The minimum absolute atomic E-state index is 0.118. The van der Waals surface area contributed by atoms with Gasteiger partial charge in [-0.05, 0) is 48.4 Å². The molecule has 0 aliphatic rings. The number of benzene rings is 2. The second kappa shape index (κ2) is 8.48. The van der Waals surface area contributed by atoms with Gasteiger partial charge < -0.3 is 14.2 Å². The Morgan fingerprint density at radius 3 is 2.20 bits per heavy atom. The van der Waals surface area contributed by atoms with E-state index in [1.165, 1.54) is 24.3 Å². The average molecular weight is 367 g/mol. The number of rotatable bonds is 8. The van der Waals surface area contributed by atoms with Crippen molar-refractivity contribution in [1.29, 1.82) is 0 Å². The van der Waals surface area contributed by atoms with E-state index >= 15 is 0 Å². The largest absolute Gasteiger partial charge is 0.489 e. The van der Waals surface area contributed by atoms with E-state index in [-0.39, 0.29) is 18.3 Å². The van der Waals surface area contributed by atoms with Crippen LogP contribution in [0.25, 0.3) is 0 Å². The van der Waals surface area contributed by atoms with Gasteiger partial charge in [0, 0.05) is 12.1 Å². The van der Waals surface area contributed by atoms with E-state index in [0.29, 0.717) is 17.9 Å². The fraction of sp³-hybridized carbons (Fsp3) is 0.235. The van der Waals surface area contributed by atoms with Gasteiger partial charge in [-0.1, -0.05) is 22.9 Å². The lowest BCUT2D eigenvalue weighted by molar-refractivity contribution is 0.0953. The highest BCUT2D eigenvalue weighted by Crippen LogP contribution is 2.20. The summed E-state index contributed by atoms with van der Waals surface area (Å²) in [5, 5.41) is 2.80. The number of carbonyl (C=O) groups is 1. The van der Waals surface area contributed by atoms with E-state index in [2.05, 4.69) is 9.50 Å². The van der Waals surface area contributed by atoms with Gasteiger partial charge in [0.15, 0.2) is 0 Å². The molecule has 2 rings (SSSR count). The topological polar surface area (TPSA) is 81.7 Å². The molecule has 0 saturated heterocycles. The van der Waals surface area contributed by atoms with Crippen molar-refractivity contribution >= 4 is 16.4 Å². The van der Waals surface area contributed by atoms with Crippen LogP contribution in [-0.2, 0) is 17.1 Å². The average Bonchev–Trinajstić information content (AvgIpc) is 2.58. The fourth-order valence-corrected chi connectivity index (χ4v) is 2.31. The van der Waals surface area contributed by atoms with Crippen LogP contribution >= 0.6 is 0 Å². The molecule has 0 unspecified atom stereocenters. The van der Waals surface area contributed by atoms with E-state index in [1.54, 1.807) is 24.3 Å². The standard InChI is InChI=1S/C17H18FNO5S/c1-2-11-19-17(20)14-5-3-13(4-6-14)12-23-15-7-9-16(10-8-15)24-25(18,21)22/h3-10H,2,11-12H2,1H3,(H,19,20). The number of hydrogen-bond donors (Lipinski definition) is 1. The van der Waals surface area contributed by atoms with Gasteiger partial charge in [-0.25, -0.2) is 0 Å². The Kier molecular flexibility index (Phi) is 6.35. The number of amides is 1. The Hall–Kier alpha value is -2.61. The first kappa shape index (κ1) is 18.7. The molecule has 0 aliphatic carbocycles. The van der Waals surface area contributed by atoms with E-state index in [0.717, 1.165) is 12.0 Å². The first-order chi connectivity index (χ1) is 11.9. The van der Waals surface area contributed by atoms with Crippen LogP contribution in [0.2, 0.25) is 0 Å². The summed E-state index contributed by atoms with van der Waals surface area (Å²) in [5.41, 5.74) is 1.44. The lowest BCUT2D eigenvalue weighted by atomic mass is 10.1. The number of hydrogen-bond acceptors (Lipinski definition) is 5. The zero-order valence-corrected chi connectivity index (χ0v) is 14.4. The minimum atomic E-state index is -5.04. The predicted octanol–water partition coefficient (Wildman–Crippen LogP) is 3.00. The second-order valence-corrected chi connectivity index (χ2v) is 6.14. The van der Waals surface area contributed by atoms with Crippen LogP contribution in [0.15, 0.2) is 48.5 Å². The normalized spacial score (nSPS) is 11.0. The summed E-state index contributed by atoms with van der Waals surface area (Å²) >= 11 is 0. The molecule has 0 aromatic heterocycles. The third-order valence-corrected chi connectivity index (χ3v) is 3.57. The third-order valence-electron chi connectivity index (χ3n) is 3.18. The van der Waals surface area contributed by atoms with Crippen molar-refractivity contribution in [3.05, 3.63) is 59.7 Å².